The highest BCUT2D eigenvalue weighted by molar-refractivity contribution is 5.86. The molecule has 0 amide bonds. The number of fused-ring (bicyclic) bond motifs is 1. The highest BCUT2D eigenvalue weighted by Crippen LogP contribution is 2.27. The maximum absolute atomic E-state index is 8.83. The molecule has 0 aliphatic carbocycles. The van der Waals surface area contributed by atoms with Crippen molar-refractivity contribution in [2.45, 2.75) is 13.0 Å². The third-order valence-electron chi connectivity index (χ3n) is 3.21. The molecule has 2 aromatic carbocycles. The van der Waals surface area contributed by atoms with Crippen LogP contribution in [-0.4, -0.2) is 4.57 Å². The molecule has 19 heavy (non-hydrogen) atoms. The lowest BCUT2D eigenvalue weighted by Gasteiger charge is -2.08. The van der Waals surface area contributed by atoms with E-state index in [1.165, 1.54) is 0 Å². The Labute approximate surface area is 112 Å². The molecule has 0 saturated heterocycles. The fraction of sp³-hybridized carbons (Fsp3) is 0.118. The first-order valence-electron chi connectivity index (χ1n) is 6.33. The molecule has 0 fully saturated rings. The van der Waals surface area contributed by atoms with Crippen molar-refractivity contribution in [3.05, 3.63) is 60.7 Å². The highest BCUT2D eigenvalue weighted by Gasteiger charge is 2.10. The van der Waals surface area contributed by atoms with Gasteiger partial charge >= 0.3 is 0 Å². The van der Waals surface area contributed by atoms with Crippen molar-refractivity contribution in [3.8, 4) is 17.3 Å². The lowest BCUT2D eigenvalue weighted by atomic mass is 10.1. The monoisotopic (exact) mass is 245 g/mol. The van der Waals surface area contributed by atoms with E-state index < -0.39 is 0 Å². The van der Waals surface area contributed by atoms with Gasteiger partial charge in [-0.25, -0.2) is 0 Å². The number of para-hydroxylation sites is 1. The van der Waals surface area contributed by atoms with Crippen LogP contribution < -0.4 is 0 Å². The first kappa shape index (κ1) is 11.6. The van der Waals surface area contributed by atoms with Gasteiger partial charge in [0.2, 0.25) is 0 Å². The predicted octanol–water partition coefficient (Wildman–Crippen LogP) is 4.02. The van der Waals surface area contributed by atoms with E-state index in [0.29, 0.717) is 13.0 Å². The summed E-state index contributed by atoms with van der Waals surface area (Å²) in [6.07, 6.45) is 0.506. The van der Waals surface area contributed by atoms with E-state index in [9.17, 15) is 0 Å². The molecule has 0 aliphatic rings. The summed E-state index contributed by atoms with van der Waals surface area (Å²) in [5.41, 5.74) is 3.32. The van der Waals surface area contributed by atoms with Gasteiger partial charge in [-0.05, 0) is 11.6 Å². The molecular formula is C17H13N2. The molecule has 3 rings (SSSR count). The van der Waals surface area contributed by atoms with E-state index in [4.69, 9.17) is 5.26 Å². The van der Waals surface area contributed by atoms with E-state index in [2.05, 4.69) is 41.0 Å². The molecule has 3 aromatic rings. The van der Waals surface area contributed by atoms with E-state index >= 15 is 0 Å². The molecule has 1 aromatic heterocycles. The van der Waals surface area contributed by atoms with Gasteiger partial charge in [0.25, 0.3) is 0 Å². The summed E-state index contributed by atoms with van der Waals surface area (Å²) in [6.45, 7) is 0.699. The molecule has 2 heteroatoms. The maximum Gasteiger partial charge on any atom is 0.0640 e. The van der Waals surface area contributed by atoms with Gasteiger partial charge in [-0.15, -0.1) is 0 Å². The van der Waals surface area contributed by atoms with Crippen LogP contribution >= 0.6 is 0 Å². The zero-order valence-corrected chi connectivity index (χ0v) is 10.5. The number of benzene rings is 2. The molecule has 0 spiro atoms. The number of aryl methyl sites for hydroxylation is 1. The molecule has 1 heterocycles. The number of aromatic nitrogens is 1. The molecule has 0 bridgehead atoms. The number of hydrogen-bond donors (Lipinski definition) is 0. The first-order valence-corrected chi connectivity index (χ1v) is 6.33. The normalized spacial score (nSPS) is 10.5. The van der Waals surface area contributed by atoms with E-state index in [0.717, 1.165) is 22.2 Å². The van der Waals surface area contributed by atoms with Crippen LogP contribution in [0.25, 0.3) is 22.2 Å². The van der Waals surface area contributed by atoms with Gasteiger partial charge in [-0.2, -0.15) is 5.26 Å². The molecule has 0 aliphatic heterocycles. The smallest absolute Gasteiger partial charge is 0.0640 e. The molecule has 0 atom stereocenters. The van der Waals surface area contributed by atoms with Crippen LogP contribution in [-0.2, 0) is 6.54 Å². The van der Waals surface area contributed by atoms with Crippen LogP contribution in [0.5, 0.6) is 0 Å². The van der Waals surface area contributed by atoms with Gasteiger partial charge in [0, 0.05) is 23.5 Å². The largest absolute Gasteiger partial charge is 0.339 e. The summed E-state index contributed by atoms with van der Waals surface area (Å²) in [6, 6.07) is 24.0. The van der Waals surface area contributed by atoms with Crippen LogP contribution in [0.4, 0.5) is 0 Å². The van der Waals surface area contributed by atoms with Crippen molar-refractivity contribution >= 4 is 10.9 Å². The van der Waals surface area contributed by atoms with Crippen molar-refractivity contribution in [3.63, 3.8) is 0 Å². The second-order valence-electron chi connectivity index (χ2n) is 4.42. The predicted molar refractivity (Wildman–Crippen MR) is 76.4 cm³/mol. The third-order valence-corrected chi connectivity index (χ3v) is 3.21. The fourth-order valence-electron chi connectivity index (χ4n) is 2.35. The van der Waals surface area contributed by atoms with E-state index in [1.54, 1.807) is 0 Å². The summed E-state index contributed by atoms with van der Waals surface area (Å²) in [4.78, 5) is 0. The lowest BCUT2D eigenvalue weighted by Crippen LogP contribution is -1.99. The summed E-state index contributed by atoms with van der Waals surface area (Å²) in [7, 11) is 0. The van der Waals surface area contributed by atoms with Crippen molar-refractivity contribution in [1.82, 2.24) is 4.57 Å². The Kier molecular flexibility index (Phi) is 3.04. The summed E-state index contributed by atoms with van der Waals surface area (Å²) in [5, 5.41) is 9.92. The van der Waals surface area contributed by atoms with Crippen LogP contribution in [0.3, 0.4) is 0 Å². The van der Waals surface area contributed by atoms with Gasteiger partial charge in [-0.3, -0.25) is 0 Å². The van der Waals surface area contributed by atoms with Crippen LogP contribution in [0.1, 0.15) is 6.42 Å². The second kappa shape index (κ2) is 4.99. The number of hydrogen-bond acceptors (Lipinski definition) is 1. The summed E-state index contributed by atoms with van der Waals surface area (Å²) in [5.74, 6) is 0. The van der Waals surface area contributed by atoms with Crippen molar-refractivity contribution in [2.75, 3.05) is 0 Å². The minimum absolute atomic E-state index is 0.506. The van der Waals surface area contributed by atoms with Crippen molar-refractivity contribution < 1.29 is 0 Å². The molecule has 0 N–H and O–H groups in total. The zero-order chi connectivity index (χ0) is 13.1. The van der Waals surface area contributed by atoms with Gasteiger partial charge in [-0.1, -0.05) is 48.5 Å². The molecule has 1 radical (unpaired) electrons. The molecular weight excluding hydrogens is 232 g/mol. The van der Waals surface area contributed by atoms with Crippen molar-refractivity contribution in [1.29, 1.82) is 5.26 Å². The maximum atomic E-state index is 8.83. The topological polar surface area (TPSA) is 28.7 Å². The number of nitrogens with zero attached hydrogens (tertiary/aromatic N) is 2. The Balaban J connectivity index is 2.20. The van der Waals surface area contributed by atoms with Crippen molar-refractivity contribution in [2.24, 2.45) is 0 Å². The van der Waals surface area contributed by atoms with Gasteiger partial charge in [0.05, 0.1) is 18.2 Å². The minimum Gasteiger partial charge on any atom is -0.339 e. The standard InChI is InChI=1S/C17H13N2/c18-11-6-12-19-16-10-5-4-9-15(16)13-17(19)14-7-2-1-3-8-14/h1-5,7-10H,6,12H2. The van der Waals surface area contributed by atoms with Crippen LogP contribution in [0.15, 0.2) is 54.6 Å². The molecule has 2 nitrogen and oxygen atoms in total. The summed E-state index contributed by atoms with van der Waals surface area (Å²) < 4.78 is 2.17. The van der Waals surface area contributed by atoms with Gasteiger partial charge in [0.15, 0.2) is 0 Å². The van der Waals surface area contributed by atoms with Gasteiger partial charge < -0.3 is 4.57 Å². The minimum atomic E-state index is 0.506. The summed E-state index contributed by atoms with van der Waals surface area (Å²) >= 11 is 0. The highest BCUT2D eigenvalue weighted by atomic mass is 15.0. The quantitative estimate of drug-likeness (QED) is 0.685. The average molecular weight is 245 g/mol. The van der Waals surface area contributed by atoms with Crippen LogP contribution in [0.2, 0.25) is 0 Å². The number of rotatable bonds is 3. The SMILES string of the molecule is N#CCCn1c(-c2ccccc2)[c]c2ccccc21. The third kappa shape index (κ3) is 2.11. The lowest BCUT2D eigenvalue weighted by molar-refractivity contribution is 0.751. The second-order valence-corrected chi connectivity index (χ2v) is 4.42. The number of nitriles is 1. The molecule has 91 valence electrons. The Hall–Kier alpha value is -2.53. The fourth-order valence-corrected chi connectivity index (χ4v) is 2.35. The Morgan fingerprint density at radius 3 is 2.53 bits per heavy atom. The Morgan fingerprint density at radius 1 is 1.00 bits per heavy atom. The zero-order valence-electron chi connectivity index (χ0n) is 10.5. The van der Waals surface area contributed by atoms with E-state index in [1.807, 2.05) is 30.3 Å². The Morgan fingerprint density at radius 2 is 1.74 bits per heavy atom. The van der Waals surface area contributed by atoms with Crippen LogP contribution in [0, 0.1) is 17.4 Å². The Bertz CT molecular complexity index is 733. The first-order chi connectivity index (χ1) is 9.40. The molecule has 0 saturated carbocycles. The van der Waals surface area contributed by atoms with Gasteiger partial charge in [0.1, 0.15) is 0 Å². The van der Waals surface area contributed by atoms with E-state index in [-0.39, 0.29) is 0 Å². The average Bonchev–Trinajstić information content (AvgIpc) is 2.85. The molecule has 0 unspecified atom stereocenters.